The highest BCUT2D eigenvalue weighted by molar-refractivity contribution is 5.76. The van der Waals surface area contributed by atoms with Crippen molar-refractivity contribution in [3.8, 4) is 0 Å². The molecule has 2 atom stereocenters. The normalized spacial score (nSPS) is 25.8. The van der Waals surface area contributed by atoms with Crippen LogP contribution >= 0.6 is 0 Å². The van der Waals surface area contributed by atoms with E-state index < -0.39 is 0 Å². The zero-order chi connectivity index (χ0) is 15.5. The van der Waals surface area contributed by atoms with Gasteiger partial charge in [-0.1, -0.05) is 6.92 Å². The lowest BCUT2D eigenvalue weighted by atomic mass is 10.0. The second-order valence-electron chi connectivity index (χ2n) is 6.48. The molecule has 0 bridgehead atoms. The van der Waals surface area contributed by atoms with Gasteiger partial charge in [0.2, 0.25) is 5.91 Å². The molecular weight excluding hydrogens is 276 g/mol. The quantitative estimate of drug-likeness (QED) is 0.855. The summed E-state index contributed by atoms with van der Waals surface area (Å²) >= 11 is 0. The lowest BCUT2D eigenvalue weighted by Crippen LogP contribution is -2.47. The lowest BCUT2D eigenvalue weighted by Gasteiger charge is -2.34. The molecular formula is C17H26N4O. The van der Waals surface area contributed by atoms with Crippen molar-refractivity contribution in [1.82, 2.24) is 19.8 Å². The van der Waals surface area contributed by atoms with Crippen LogP contribution in [-0.4, -0.2) is 50.8 Å². The van der Waals surface area contributed by atoms with Crippen molar-refractivity contribution in [2.75, 3.05) is 13.1 Å². The second kappa shape index (κ2) is 6.73. The summed E-state index contributed by atoms with van der Waals surface area (Å²) in [5.41, 5.74) is 1.99. The van der Waals surface area contributed by atoms with Gasteiger partial charge in [-0.25, -0.2) is 0 Å². The van der Waals surface area contributed by atoms with E-state index in [0.29, 0.717) is 24.4 Å². The first-order valence-corrected chi connectivity index (χ1v) is 8.50. The Labute approximate surface area is 132 Å². The number of aryl methyl sites for hydroxylation is 1. The van der Waals surface area contributed by atoms with E-state index in [-0.39, 0.29) is 0 Å². The van der Waals surface area contributed by atoms with Crippen molar-refractivity contribution in [2.24, 2.45) is 0 Å². The number of nitrogens with zero attached hydrogens (tertiary/aromatic N) is 4. The van der Waals surface area contributed by atoms with Crippen LogP contribution in [0.4, 0.5) is 0 Å². The lowest BCUT2D eigenvalue weighted by molar-refractivity contribution is -0.132. The van der Waals surface area contributed by atoms with Crippen LogP contribution in [0.25, 0.3) is 0 Å². The van der Waals surface area contributed by atoms with Gasteiger partial charge in [0, 0.05) is 44.0 Å². The second-order valence-corrected chi connectivity index (χ2v) is 6.48. The van der Waals surface area contributed by atoms with Gasteiger partial charge in [-0.15, -0.1) is 0 Å². The molecule has 5 nitrogen and oxygen atoms in total. The maximum atomic E-state index is 12.2. The molecule has 2 aliphatic rings. The Morgan fingerprint density at radius 3 is 2.68 bits per heavy atom. The van der Waals surface area contributed by atoms with Crippen LogP contribution < -0.4 is 0 Å². The predicted molar refractivity (Wildman–Crippen MR) is 85.2 cm³/mol. The monoisotopic (exact) mass is 302 g/mol. The maximum Gasteiger partial charge on any atom is 0.222 e. The van der Waals surface area contributed by atoms with Crippen LogP contribution in [0.1, 0.15) is 50.4 Å². The van der Waals surface area contributed by atoms with Crippen LogP contribution in [0.15, 0.2) is 12.4 Å². The molecule has 0 aliphatic carbocycles. The molecule has 1 amide bonds. The number of amides is 1. The number of carbonyl (C=O) groups is 1. The molecule has 0 aromatic carbocycles. The fraction of sp³-hybridized carbons (Fsp3) is 0.706. The minimum absolute atomic E-state index is 0.310. The molecule has 0 N–H and O–H groups in total. The standard InChI is InChI=1S/C17H26N4O/c1-3-17(22)21-9-5-7-16(21)15-6-4-8-20(15)12-14-11-18-13(2)10-19-14/h10-11,15-16H,3-9,12H2,1-2H3/t15-,16-/m1/s1. The largest absolute Gasteiger partial charge is 0.338 e. The summed E-state index contributed by atoms with van der Waals surface area (Å²) in [4.78, 5) is 25.6. The average Bonchev–Trinajstić information content (AvgIpc) is 3.17. The predicted octanol–water partition coefficient (Wildman–Crippen LogP) is 2.15. The van der Waals surface area contributed by atoms with Gasteiger partial charge >= 0.3 is 0 Å². The summed E-state index contributed by atoms with van der Waals surface area (Å²) in [6, 6.07) is 0.884. The zero-order valence-corrected chi connectivity index (χ0v) is 13.7. The summed E-state index contributed by atoms with van der Waals surface area (Å²) in [5, 5.41) is 0. The topological polar surface area (TPSA) is 49.3 Å². The van der Waals surface area contributed by atoms with Gasteiger partial charge in [0.25, 0.3) is 0 Å². The van der Waals surface area contributed by atoms with E-state index in [1.807, 2.05) is 26.2 Å². The zero-order valence-electron chi connectivity index (χ0n) is 13.7. The summed E-state index contributed by atoms with van der Waals surface area (Å²) in [6.45, 7) is 6.81. The highest BCUT2D eigenvalue weighted by atomic mass is 16.2. The smallest absolute Gasteiger partial charge is 0.222 e. The Balaban J connectivity index is 1.70. The van der Waals surface area contributed by atoms with Gasteiger partial charge in [-0.05, 0) is 39.2 Å². The van der Waals surface area contributed by atoms with Crippen molar-refractivity contribution >= 4 is 5.91 Å². The third kappa shape index (κ3) is 3.14. The summed E-state index contributed by atoms with van der Waals surface area (Å²) in [7, 11) is 0. The van der Waals surface area contributed by atoms with E-state index in [0.717, 1.165) is 43.9 Å². The molecule has 1 aromatic heterocycles. The van der Waals surface area contributed by atoms with Gasteiger partial charge in [0.05, 0.1) is 11.4 Å². The molecule has 0 saturated carbocycles. The summed E-state index contributed by atoms with van der Waals surface area (Å²) in [5.74, 6) is 0.310. The third-order valence-corrected chi connectivity index (χ3v) is 4.98. The van der Waals surface area contributed by atoms with Gasteiger partial charge < -0.3 is 4.90 Å². The highest BCUT2D eigenvalue weighted by Crippen LogP contribution is 2.31. The molecule has 1 aromatic rings. The van der Waals surface area contributed by atoms with E-state index in [4.69, 9.17) is 0 Å². The molecule has 0 radical (unpaired) electrons. The average molecular weight is 302 g/mol. The number of hydrogen-bond donors (Lipinski definition) is 0. The van der Waals surface area contributed by atoms with E-state index in [1.165, 1.54) is 12.8 Å². The Kier molecular flexibility index (Phi) is 4.71. The number of likely N-dealkylation sites (tertiary alicyclic amines) is 2. The van der Waals surface area contributed by atoms with Gasteiger partial charge in [0.15, 0.2) is 0 Å². The van der Waals surface area contributed by atoms with Crippen molar-refractivity contribution < 1.29 is 4.79 Å². The van der Waals surface area contributed by atoms with Gasteiger partial charge in [-0.3, -0.25) is 19.7 Å². The molecule has 2 fully saturated rings. The molecule has 22 heavy (non-hydrogen) atoms. The van der Waals surface area contributed by atoms with Crippen LogP contribution in [0.5, 0.6) is 0 Å². The van der Waals surface area contributed by atoms with Crippen LogP contribution in [0.3, 0.4) is 0 Å². The molecule has 2 aliphatic heterocycles. The summed E-state index contributed by atoms with van der Waals surface area (Å²) < 4.78 is 0. The highest BCUT2D eigenvalue weighted by Gasteiger charge is 2.39. The Bertz CT molecular complexity index is 516. The number of carbonyl (C=O) groups excluding carboxylic acids is 1. The number of aromatic nitrogens is 2. The Morgan fingerprint density at radius 1 is 1.18 bits per heavy atom. The van der Waals surface area contributed by atoms with Crippen LogP contribution in [0.2, 0.25) is 0 Å². The van der Waals surface area contributed by atoms with Crippen molar-refractivity contribution in [2.45, 2.75) is 64.6 Å². The molecule has 0 spiro atoms. The minimum atomic E-state index is 0.310. The minimum Gasteiger partial charge on any atom is -0.338 e. The third-order valence-electron chi connectivity index (χ3n) is 4.98. The molecule has 2 saturated heterocycles. The Hall–Kier alpha value is -1.49. The fourth-order valence-corrected chi connectivity index (χ4v) is 3.90. The Morgan fingerprint density at radius 2 is 1.95 bits per heavy atom. The van der Waals surface area contributed by atoms with Gasteiger partial charge in [-0.2, -0.15) is 0 Å². The van der Waals surface area contributed by atoms with E-state index in [9.17, 15) is 4.79 Å². The number of hydrogen-bond acceptors (Lipinski definition) is 4. The molecule has 0 unspecified atom stereocenters. The van der Waals surface area contributed by atoms with Crippen LogP contribution in [0, 0.1) is 6.92 Å². The van der Waals surface area contributed by atoms with E-state index >= 15 is 0 Å². The van der Waals surface area contributed by atoms with Crippen molar-refractivity contribution in [3.63, 3.8) is 0 Å². The molecule has 3 rings (SSSR count). The van der Waals surface area contributed by atoms with Gasteiger partial charge in [0.1, 0.15) is 0 Å². The first kappa shape index (κ1) is 15.4. The fourth-order valence-electron chi connectivity index (χ4n) is 3.90. The summed E-state index contributed by atoms with van der Waals surface area (Å²) in [6.07, 6.45) is 9.04. The van der Waals surface area contributed by atoms with Crippen molar-refractivity contribution in [1.29, 1.82) is 0 Å². The van der Waals surface area contributed by atoms with Crippen molar-refractivity contribution in [3.05, 3.63) is 23.8 Å². The molecule has 5 heteroatoms. The van der Waals surface area contributed by atoms with E-state index in [2.05, 4.69) is 19.8 Å². The maximum absolute atomic E-state index is 12.2. The molecule has 3 heterocycles. The SMILES string of the molecule is CCC(=O)N1CCC[C@@H]1[C@H]1CCCN1Cc1cnc(C)cn1. The van der Waals surface area contributed by atoms with Crippen LogP contribution in [-0.2, 0) is 11.3 Å². The first-order valence-electron chi connectivity index (χ1n) is 8.50. The van der Waals surface area contributed by atoms with E-state index in [1.54, 1.807) is 0 Å². The first-order chi connectivity index (χ1) is 10.7. The number of rotatable bonds is 4. The molecule has 120 valence electrons.